The summed E-state index contributed by atoms with van der Waals surface area (Å²) in [5, 5.41) is 8.00. The van der Waals surface area contributed by atoms with Crippen LogP contribution >= 0.6 is 22.7 Å². The zero-order valence-corrected chi connectivity index (χ0v) is 18.9. The number of benzene rings is 1. The van der Waals surface area contributed by atoms with Crippen molar-refractivity contribution in [3.05, 3.63) is 51.7 Å². The van der Waals surface area contributed by atoms with Crippen LogP contribution in [0.1, 0.15) is 33.9 Å². The number of Topliss-reactive ketones (excluding diaryl/α,β-unsaturated/α-hetero) is 1. The molecule has 168 valence electrons. The molecule has 0 aliphatic carbocycles. The van der Waals surface area contributed by atoms with E-state index in [9.17, 15) is 19.2 Å². The minimum Gasteiger partial charge on any atom is -0.456 e. The number of carbonyl (C=O) groups excluding carboxylic acids is 4. The summed E-state index contributed by atoms with van der Waals surface area (Å²) in [6.07, 6.45) is 0.723. The van der Waals surface area contributed by atoms with Crippen molar-refractivity contribution in [3.63, 3.8) is 0 Å². The zero-order valence-electron chi connectivity index (χ0n) is 17.3. The van der Waals surface area contributed by atoms with Crippen molar-refractivity contribution in [1.29, 1.82) is 0 Å². The second-order valence-corrected chi connectivity index (χ2v) is 8.90. The van der Waals surface area contributed by atoms with Crippen LogP contribution in [0.5, 0.6) is 0 Å². The number of ether oxygens (including phenoxy) is 1. The lowest BCUT2D eigenvalue weighted by Crippen LogP contribution is -2.31. The largest absolute Gasteiger partial charge is 0.456 e. The molecule has 2 N–H and O–H groups in total. The molecule has 0 bridgehead atoms. The fourth-order valence-electron chi connectivity index (χ4n) is 2.78. The van der Waals surface area contributed by atoms with Gasteiger partial charge in [0.15, 0.2) is 12.4 Å². The van der Waals surface area contributed by atoms with Gasteiger partial charge in [0.2, 0.25) is 5.91 Å². The monoisotopic (exact) mass is 473 g/mol. The summed E-state index contributed by atoms with van der Waals surface area (Å²) in [6, 6.07) is 11.3. The molecule has 2 heterocycles. The van der Waals surface area contributed by atoms with Crippen molar-refractivity contribution in [2.75, 3.05) is 19.7 Å². The van der Waals surface area contributed by atoms with E-state index in [1.807, 2.05) is 29.6 Å². The lowest BCUT2D eigenvalue weighted by molar-refractivity contribution is -0.148. The molecule has 32 heavy (non-hydrogen) atoms. The van der Waals surface area contributed by atoms with E-state index in [0.717, 1.165) is 15.2 Å². The average molecular weight is 474 g/mol. The average Bonchev–Trinajstić information content (AvgIpc) is 3.46. The van der Waals surface area contributed by atoms with Crippen LogP contribution in [0.4, 0.5) is 0 Å². The SMILES string of the molecule is O=C(CCC(=O)c1cccs1)NCCC(=O)OCC(=O)NCCc1nc2ccccc2s1. The van der Waals surface area contributed by atoms with Crippen LogP contribution in [0.15, 0.2) is 41.8 Å². The summed E-state index contributed by atoms with van der Waals surface area (Å²) in [7, 11) is 0. The van der Waals surface area contributed by atoms with Crippen molar-refractivity contribution in [1.82, 2.24) is 15.6 Å². The molecule has 3 rings (SSSR count). The van der Waals surface area contributed by atoms with Gasteiger partial charge in [-0.3, -0.25) is 19.2 Å². The third-order valence-corrected chi connectivity index (χ3v) is 6.40. The summed E-state index contributed by atoms with van der Waals surface area (Å²) in [6.45, 7) is 0.114. The molecule has 0 saturated heterocycles. The minimum absolute atomic E-state index is 0.0520. The van der Waals surface area contributed by atoms with Gasteiger partial charge in [-0.25, -0.2) is 4.98 Å². The lowest BCUT2D eigenvalue weighted by atomic mass is 10.2. The van der Waals surface area contributed by atoms with E-state index >= 15 is 0 Å². The second kappa shape index (κ2) is 12.1. The zero-order chi connectivity index (χ0) is 22.8. The van der Waals surface area contributed by atoms with Gasteiger partial charge in [0.05, 0.1) is 26.5 Å². The third-order valence-electron chi connectivity index (χ3n) is 4.39. The number of fused-ring (bicyclic) bond motifs is 1. The Hall–Kier alpha value is -3.11. The van der Waals surface area contributed by atoms with Gasteiger partial charge in [-0.05, 0) is 23.6 Å². The number of thiazole rings is 1. The quantitative estimate of drug-likeness (QED) is 0.309. The molecule has 2 aromatic heterocycles. The first kappa shape index (κ1) is 23.6. The number of hydrogen-bond acceptors (Lipinski definition) is 8. The van der Waals surface area contributed by atoms with Crippen LogP contribution in [0.2, 0.25) is 0 Å². The van der Waals surface area contributed by atoms with E-state index in [0.29, 0.717) is 17.8 Å². The highest BCUT2D eigenvalue weighted by molar-refractivity contribution is 7.18. The smallest absolute Gasteiger partial charge is 0.308 e. The van der Waals surface area contributed by atoms with E-state index in [1.165, 1.54) is 11.3 Å². The molecule has 2 amide bonds. The van der Waals surface area contributed by atoms with Gasteiger partial charge in [0.1, 0.15) is 0 Å². The highest BCUT2D eigenvalue weighted by atomic mass is 32.1. The first-order valence-corrected chi connectivity index (χ1v) is 11.8. The van der Waals surface area contributed by atoms with Crippen molar-refractivity contribution in [3.8, 4) is 0 Å². The highest BCUT2D eigenvalue weighted by Gasteiger charge is 2.12. The first-order valence-electron chi connectivity index (χ1n) is 10.1. The molecule has 0 fully saturated rings. The predicted octanol–water partition coefficient (Wildman–Crippen LogP) is 2.73. The van der Waals surface area contributed by atoms with E-state index in [2.05, 4.69) is 15.6 Å². The highest BCUT2D eigenvalue weighted by Crippen LogP contribution is 2.21. The maximum absolute atomic E-state index is 11.9. The van der Waals surface area contributed by atoms with E-state index in [4.69, 9.17) is 4.74 Å². The van der Waals surface area contributed by atoms with Crippen molar-refractivity contribution in [2.24, 2.45) is 0 Å². The molecule has 1 aromatic carbocycles. The van der Waals surface area contributed by atoms with Gasteiger partial charge < -0.3 is 15.4 Å². The molecule has 0 atom stereocenters. The number of para-hydroxylation sites is 1. The molecular weight excluding hydrogens is 450 g/mol. The fraction of sp³-hybridized carbons (Fsp3) is 0.318. The Morgan fingerprint density at radius 2 is 1.72 bits per heavy atom. The minimum atomic E-state index is -0.582. The molecule has 8 nitrogen and oxygen atoms in total. The van der Waals surface area contributed by atoms with E-state index in [1.54, 1.807) is 23.5 Å². The number of aromatic nitrogens is 1. The number of ketones is 1. The second-order valence-electron chi connectivity index (χ2n) is 6.84. The van der Waals surface area contributed by atoms with Crippen LogP contribution in [-0.2, 0) is 25.5 Å². The lowest BCUT2D eigenvalue weighted by Gasteiger charge is -2.07. The first-order chi connectivity index (χ1) is 15.5. The van der Waals surface area contributed by atoms with Crippen LogP contribution in [0, 0.1) is 0 Å². The molecule has 0 spiro atoms. The number of carbonyl (C=O) groups is 4. The standard InChI is InChI=1S/C22H23N3O5S2/c26-16(18-6-3-13-31-18)7-8-19(27)23-12-10-22(29)30-14-20(28)24-11-9-21-25-15-4-1-2-5-17(15)32-21/h1-6,13H,7-12,14H2,(H,23,27)(H,24,28). The summed E-state index contributed by atoms with van der Waals surface area (Å²) in [5.41, 5.74) is 0.939. The molecule has 0 unspecified atom stereocenters. The third kappa shape index (κ3) is 7.54. The Balaban J connectivity index is 1.23. The summed E-state index contributed by atoms with van der Waals surface area (Å²) in [4.78, 5) is 52.3. The van der Waals surface area contributed by atoms with Crippen molar-refractivity contribution in [2.45, 2.75) is 25.7 Å². The molecule has 0 radical (unpaired) electrons. The molecule has 3 aromatic rings. The summed E-state index contributed by atoms with van der Waals surface area (Å²) >= 11 is 2.92. The van der Waals surface area contributed by atoms with E-state index < -0.39 is 11.9 Å². The summed E-state index contributed by atoms with van der Waals surface area (Å²) < 4.78 is 6.02. The predicted molar refractivity (Wildman–Crippen MR) is 123 cm³/mol. The Kier molecular flexibility index (Phi) is 8.88. The van der Waals surface area contributed by atoms with Gasteiger partial charge in [0.25, 0.3) is 5.91 Å². The van der Waals surface area contributed by atoms with Crippen LogP contribution in [0.25, 0.3) is 10.2 Å². The number of rotatable bonds is 12. The molecule has 0 aliphatic rings. The Morgan fingerprint density at radius 3 is 2.50 bits per heavy atom. The number of esters is 1. The topological polar surface area (TPSA) is 114 Å². The number of hydrogen-bond donors (Lipinski definition) is 2. The maximum atomic E-state index is 11.9. The van der Waals surface area contributed by atoms with Crippen LogP contribution in [-0.4, -0.2) is 48.2 Å². The van der Waals surface area contributed by atoms with Crippen LogP contribution in [0.3, 0.4) is 0 Å². The Bertz CT molecular complexity index is 1050. The van der Waals surface area contributed by atoms with Gasteiger partial charge in [-0.15, -0.1) is 22.7 Å². The Labute approximate surface area is 193 Å². The fourth-order valence-corrected chi connectivity index (χ4v) is 4.45. The number of thiophene rings is 1. The normalized spacial score (nSPS) is 10.6. The van der Waals surface area contributed by atoms with Gasteiger partial charge in [-0.1, -0.05) is 18.2 Å². The molecular formula is C22H23N3O5S2. The maximum Gasteiger partial charge on any atom is 0.308 e. The van der Waals surface area contributed by atoms with Crippen molar-refractivity contribution < 1.29 is 23.9 Å². The van der Waals surface area contributed by atoms with Gasteiger partial charge in [-0.2, -0.15) is 0 Å². The summed E-state index contributed by atoms with van der Waals surface area (Å²) in [5.74, 6) is -1.36. The number of nitrogens with one attached hydrogen (secondary N) is 2. The Morgan fingerprint density at radius 1 is 0.906 bits per heavy atom. The van der Waals surface area contributed by atoms with Gasteiger partial charge in [0, 0.05) is 32.4 Å². The molecule has 0 aliphatic heterocycles. The van der Waals surface area contributed by atoms with E-state index in [-0.39, 0.29) is 44.1 Å². The number of nitrogens with zero attached hydrogens (tertiary/aromatic N) is 1. The molecule has 0 saturated carbocycles. The van der Waals surface area contributed by atoms with Crippen LogP contribution < -0.4 is 10.6 Å². The number of amides is 2. The van der Waals surface area contributed by atoms with Crippen molar-refractivity contribution >= 4 is 56.5 Å². The van der Waals surface area contributed by atoms with Gasteiger partial charge >= 0.3 is 5.97 Å². The molecule has 10 heteroatoms.